The van der Waals surface area contributed by atoms with Crippen molar-refractivity contribution in [2.45, 2.75) is 65.0 Å². The zero-order valence-corrected chi connectivity index (χ0v) is 14.1. The van der Waals surface area contributed by atoms with Gasteiger partial charge in [-0.25, -0.2) is 0 Å². The van der Waals surface area contributed by atoms with Crippen molar-refractivity contribution < 1.29 is 0 Å². The Kier molecular flexibility index (Phi) is 6.72. The fraction of sp³-hybridized carbons (Fsp3) is 0.684. The molecule has 1 aromatic carbocycles. The van der Waals surface area contributed by atoms with Crippen molar-refractivity contribution in [2.24, 2.45) is 0 Å². The number of hydrogen-bond donors (Lipinski definition) is 1. The number of aryl methyl sites for hydroxylation is 2. The van der Waals surface area contributed by atoms with E-state index in [-0.39, 0.29) is 0 Å². The van der Waals surface area contributed by atoms with E-state index in [9.17, 15) is 0 Å². The van der Waals surface area contributed by atoms with E-state index >= 15 is 0 Å². The van der Waals surface area contributed by atoms with E-state index < -0.39 is 0 Å². The van der Waals surface area contributed by atoms with Gasteiger partial charge in [-0.15, -0.1) is 0 Å². The van der Waals surface area contributed by atoms with Gasteiger partial charge in [-0.1, -0.05) is 48.6 Å². The summed E-state index contributed by atoms with van der Waals surface area (Å²) in [7, 11) is 2.31. The van der Waals surface area contributed by atoms with Gasteiger partial charge in [0.25, 0.3) is 0 Å². The second-order valence-corrected chi connectivity index (χ2v) is 6.80. The minimum absolute atomic E-state index is 0.846. The highest BCUT2D eigenvalue weighted by Crippen LogP contribution is 2.21. The van der Waals surface area contributed by atoms with Crippen LogP contribution in [0.2, 0.25) is 0 Å². The van der Waals surface area contributed by atoms with Gasteiger partial charge in [0.1, 0.15) is 0 Å². The first-order valence-corrected chi connectivity index (χ1v) is 8.63. The molecule has 1 fully saturated rings. The van der Waals surface area contributed by atoms with Gasteiger partial charge in [0, 0.05) is 12.6 Å². The molecule has 1 aliphatic carbocycles. The van der Waals surface area contributed by atoms with E-state index in [2.05, 4.69) is 49.3 Å². The summed E-state index contributed by atoms with van der Waals surface area (Å²) >= 11 is 0. The summed E-state index contributed by atoms with van der Waals surface area (Å²) in [5, 5.41) is 3.59. The van der Waals surface area contributed by atoms with E-state index in [4.69, 9.17) is 0 Å². The Labute approximate surface area is 130 Å². The van der Waals surface area contributed by atoms with Gasteiger partial charge in [-0.3, -0.25) is 0 Å². The summed E-state index contributed by atoms with van der Waals surface area (Å²) in [6.45, 7) is 7.69. The molecule has 1 aromatic rings. The van der Waals surface area contributed by atoms with Crippen LogP contribution >= 0.6 is 0 Å². The molecule has 0 heterocycles. The minimum Gasteiger partial charge on any atom is -0.313 e. The number of benzene rings is 1. The monoisotopic (exact) mass is 288 g/mol. The maximum absolute atomic E-state index is 3.59. The van der Waals surface area contributed by atoms with Crippen LogP contribution in [-0.4, -0.2) is 31.1 Å². The molecule has 0 bridgehead atoms. The van der Waals surface area contributed by atoms with Gasteiger partial charge >= 0.3 is 0 Å². The second kappa shape index (κ2) is 8.55. The molecule has 1 aliphatic rings. The van der Waals surface area contributed by atoms with Crippen LogP contribution in [-0.2, 0) is 6.54 Å². The number of hydrogen-bond acceptors (Lipinski definition) is 2. The first-order valence-electron chi connectivity index (χ1n) is 8.63. The summed E-state index contributed by atoms with van der Waals surface area (Å²) in [5.74, 6) is 0. The fourth-order valence-electron chi connectivity index (χ4n) is 3.56. The zero-order chi connectivity index (χ0) is 15.1. The molecule has 21 heavy (non-hydrogen) atoms. The van der Waals surface area contributed by atoms with Crippen LogP contribution < -0.4 is 5.32 Å². The maximum atomic E-state index is 3.59. The Morgan fingerprint density at radius 3 is 2.38 bits per heavy atom. The van der Waals surface area contributed by atoms with Gasteiger partial charge in [-0.2, -0.15) is 0 Å². The molecule has 118 valence electrons. The molecule has 0 radical (unpaired) electrons. The first kappa shape index (κ1) is 16.5. The molecule has 1 saturated carbocycles. The van der Waals surface area contributed by atoms with Gasteiger partial charge < -0.3 is 10.2 Å². The summed E-state index contributed by atoms with van der Waals surface area (Å²) in [4.78, 5) is 2.58. The van der Waals surface area contributed by atoms with Crippen LogP contribution in [0, 0.1) is 13.8 Å². The van der Waals surface area contributed by atoms with Gasteiger partial charge in [0.05, 0.1) is 0 Å². The van der Waals surface area contributed by atoms with Crippen molar-refractivity contribution in [1.82, 2.24) is 10.2 Å². The molecule has 0 unspecified atom stereocenters. The largest absolute Gasteiger partial charge is 0.313 e. The Hall–Kier alpha value is -0.860. The highest BCUT2D eigenvalue weighted by Gasteiger charge is 2.16. The maximum Gasteiger partial charge on any atom is 0.0205 e. The summed E-state index contributed by atoms with van der Waals surface area (Å²) < 4.78 is 0. The molecule has 0 aliphatic heterocycles. The van der Waals surface area contributed by atoms with Crippen molar-refractivity contribution in [2.75, 3.05) is 20.1 Å². The van der Waals surface area contributed by atoms with Crippen LogP contribution in [0.5, 0.6) is 0 Å². The molecule has 1 N–H and O–H groups in total. The Balaban J connectivity index is 1.61. The van der Waals surface area contributed by atoms with Crippen molar-refractivity contribution in [3.8, 4) is 0 Å². The molecule has 0 spiro atoms. The summed E-state index contributed by atoms with van der Waals surface area (Å²) in [5.41, 5.74) is 4.14. The molecular formula is C19H32N2. The lowest BCUT2D eigenvalue weighted by molar-refractivity contribution is 0.189. The van der Waals surface area contributed by atoms with Crippen molar-refractivity contribution in [3.05, 3.63) is 34.9 Å². The van der Waals surface area contributed by atoms with Gasteiger partial charge in [0.2, 0.25) is 0 Å². The van der Waals surface area contributed by atoms with Gasteiger partial charge in [0.15, 0.2) is 0 Å². The molecule has 2 heteroatoms. The predicted octanol–water partition coefficient (Wildman–Crippen LogP) is 4.05. The van der Waals surface area contributed by atoms with Crippen molar-refractivity contribution in [1.29, 1.82) is 0 Å². The number of nitrogens with one attached hydrogen (secondary N) is 1. The Morgan fingerprint density at radius 1 is 1.05 bits per heavy atom. The van der Waals surface area contributed by atoms with E-state index in [1.807, 2.05) is 0 Å². The predicted molar refractivity (Wildman–Crippen MR) is 91.7 cm³/mol. The zero-order valence-electron chi connectivity index (χ0n) is 14.1. The SMILES string of the molecule is Cc1cc(C)cc(CNCCCN(C)C2CCCCC2)c1. The first-order chi connectivity index (χ1) is 10.1. The highest BCUT2D eigenvalue weighted by atomic mass is 15.1. The molecule has 0 aromatic heterocycles. The Morgan fingerprint density at radius 2 is 1.71 bits per heavy atom. The van der Waals surface area contributed by atoms with Crippen LogP contribution in [0.1, 0.15) is 55.2 Å². The third kappa shape index (κ3) is 5.80. The van der Waals surface area contributed by atoms with Crippen LogP contribution in [0.25, 0.3) is 0 Å². The minimum atomic E-state index is 0.846. The third-order valence-electron chi connectivity index (χ3n) is 4.67. The van der Waals surface area contributed by atoms with E-state index in [1.54, 1.807) is 0 Å². The lowest BCUT2D eigenvalue weighted by atomic mass is 9.94. The van der Waals surface area contributed by atoms with Crippen molar-refractivity contribution in [3.63, 3.8) is 0 Å². The molecular weight excluding hydrogens is 256 g/mol. The van der Waals surface area contributed by atoms with Crippen LogP contribution in [0.3, 0.4) is 0 Å². The quantitative estimate of drug-likeness (QED) is 0.762. The molecule has 0 atom stereocenters. The normalized spacial score (nSPS) is 16.6. The topological polar surface area (TPSA) is 15.3 Å². The van der Waals surface area contributed by atoms with Gasteiger partial charge in [-0.05, 0) is 58.8 Å². The molecule has 0 saturated heterocycles. The number of nitrogens with zero attached hydrogens (tertiary/aromatic N) is 1. The Bertz CT molecular complexity index is 401. The highest BCUT2D eigenvalue weighted by molar-refractivity contribution is 5.28. The van der Waals surface area contributed by atoms with E-state index in [1.165, 1.54) is 61.8 Å². The summed E-state index contributed by atoms with van der Waals surface area (Å²) in [6.07, 6.45) is 8.37. The summed E-state index contributed by atoms with van der Waals surface area (Å²) in [6, 6.07) is 7.66. The fourth-order valence-corrected chi connectivity index (χ4v) is 3.56. The van der Waals surface area contributed by atoms with Crippen LogP contribution in [0.4, 0.5) is 0 Å². The lowest BCUT2D eigenvalue weighted by Gasteiger charge is -2.31. The van der Waals surface area contributed by atoms with Crippen LogP contribution in [0.15, 0.2) is 18.2 Å². The van der Waals surface area contributed by atoms with E-state index in [0.717, 1.165) is 19.1 Å². The third-order valence-corrected chi connectivity index (χ3v) is 4.67. The standard InChI is InChI=1S/C19H32N2/c1-16-12-17(2)14-18(13-16)15-20-10-7-11-21(3)19-8-5-4-6-9-19/h12-14,19-20H,4-11,15H2,1-3H3. The smallest absolute Gasteiger partial charge is 0.0205 e. The van der Waals surface area contributed by atoms with Crippen molar-refractivity contribution >= 4 is 0 Å². The number of rotatable bonds is 7. The average Bonchev–Trinajstić information content (AvgIpc) is 2.46. The molecule has 0 amide bonds. The molecule has 2 nitrogen and oxygen atoms in total. The van der Waals surface area contributed by atoms with E-state index in [0.29, 0.717) is 0 Å². The lowest BCUT2D eigenvalue weighted by Crippen LogP contribution is -2.35. The molecule has 2 rings (SSSR count). The second-order valence-electron chi connectivity index (χ2n) is 6.80. The average molecular weight is 288 g/mol.